The minimum atomic E-state index is -4.00. The van der Waals surface area contributed by atoms with Crippen LogP contribution in [0.3, 0.4) is 0 Å². The van der Waals surface area contributed by atoms with Crippen LogP contribution in [-0.4, -0.2) is 26.0 Å². The van der Waals surface area contributed by atoms with E-state index in [9.17, 15) is 17.2 Å². The Balaban J connectivity index is 2.24. The number of benzene rings is 1. The second kappa shape index (κ2) is 6.29. The summed E-state index contributed by atoms with van der Waals surface area (Å²) in [5, 5.41) is 0.421. The van der Waals surface area contributed by atoms with Crippen molar-refractivity contribution in [3.8, 4) is 0 Å². The smallest absolute Gasteiger partial charge is 0.208 e. The van der Waals surface area contributed by atoms with E-state index in [0.717, 1.165) is 25.3 Å². The molecular formula is C12H14BrF2NO2S2. The Morgan fingerprint density at radius 2 is 2.05 bits per heavy atom. The lowest BCUT2D eigenvalue weighted by Gasteiger charge is -2.14. The maximum atomic E-state index is 13.7. The number of sulfonamides is 1. The van der Waals surface area contributed by atoms with Crippen LogP contribution in [0.5, 0.6) is 0 Å². The van der Waals surface area contributed by atoms with Gasteiger partial charge in [-0.1, -0.05) is 0 Å². The summed E-state index contributed by atoms with van der Waals surface area (Å²) in [7, 11) is -4.00. The third kappa shape index (κ3) is 3.52. The standard InChI is InChI=1S/C12H14BrF2NO2S2/c1-19-9-3-2-8(6-9)16-20(17,18)12-10(13)4-7(14)5-11(12)15/h4-5,8-9,16H,2-3,6H2,1H3. The summed E-state index contributed by atoms with van der Waals surface area (Å²) in [6.07, 6.45) is 4.37. The van der Waals surface area contributed by atoms with Gasteiger partial charge in [0.2, 0.25) is 10.0 Å². The van der Waals surface area contributed by atoms with Crippen LogP contribution in [0.1, 0.15) is 19.3 Å². The average Bonchev–Trinajstić information content (AvgIpc) is 2.73. The second-order valence-electron chi connectivity index (χ2n) is 4.69. The van der Waals surface area contributed by atoms with Crippen LogP contribution < -0.4 is 4.72 Å². The summed E-state index contributed by atoms with van der Waals surface area (Å²) in [5.74, 6) is -1.92. The molecule has 1 fully saturated rings. The van der Waals surface area contributed by atoms with Crippen molar-refractivity contribution < 1.29 is 17.2 Å². The molecule has 8 heteroatoms. The lowest BCUT2D eigenvalue weighted by Crippen LogP contribution is -2.34. The Labute approximate surface area is 129 Å². The molecule has 0 radical (unpaired) electrons. The summed E-state index contributed by atoms with van der Waals surface area (Å²) >= 11 is 4.60. The maximum Gasteiger partial charge on any atom is 0.244 e. The number of halogens is 3. The van der Waals surface area contributed by atoms with Crippen molar-refractivity contribution in [2.24, 2.45) is 0 Å². The fourth-order valence-electron chi connectivity index (χ4n) is 2.33. The highest BCUT2D eigenvalue weighted by atomic mass is 79.9. The number of hydrogen-bond donors (Lipinski definition) is 1. The molecule has 0 aromatic heterocycles. The van der Waals surface area contributed by atoms with Gasteiger partial charge in [0.1, 0.15) is 16.5 Å². The normalized spacial score (nSPS) is 23.2. The Kier molecular flexibility index (Phi) is 5.09. The van der Waals surface area contributed by atoms with Crippen LogP contribution in [0.4, 0.5) is 8.78 Å². The van der Waals surface area contributed by atoms with E-state index in [1.807, 2.05) is 6.26 Å². The predicted molar refractivity (Wildman–Crippen MR) is 79.3 cm³/mol. The van der Waals surface area contributed by atoms with Crippen molar-refractivity contribution in [1.29, 1.82) is 0 Å². The highest BCUT2D eigenvalue weighted by Crippen LogP contribution is 2.31. The predicted octanol–water partition coefficient (Wildman–Crippen LogP) is 3.29. The van der Waals surface area contributed by atoms with E-state index >= 15 is 0 Å². The van der Waals surface area contributed by atoms with Crippen LogP contribution in [0, 0.1) is 11.6 Å². The third-order valence-corrected chi connectivity index (χ3v) is 6.85. The molecule has 2 atom stereocenters. The molecule has 112 valence electrons. The van der Waals surface area contributed by atoms with Crippen LogP contribution >= 0.6 is 27.7 Å². The molecule has 1 aliphatic carbocycles. The number of hydrogen-bond acceptors (Lipinski definition) is 3. The molecule has 1 aromatic carbocycles. The van der Waals surface area contributed by atoms with Crippen LogP contribution in [0.25, 0.3) is 0 Å². The lowest BCUT2D eigenvalue weighted by atomic mass is 10.3. The van der Waals surface area contributed by atoms with Crippen molar-refractivity contribution in [3.05, 3.63) is 28.2 Å². The van der Waals surface area contributed by atoms with Gasteiger partial charge < -0.3 is 0 Å². The minimum absolute atomic E-state index is 0.109. The molecule has 2 unspecified atom stereocenters. The summed E-state index contributed by atoms with van der Waals surface area (Å²) in [4.78, 5) is -0.536. The molecule has 1 aliphatic rings. The van der Waals surface area contributed by atoms with Gasteiger partial charge in [-0.2, -0.15) is 11.8 Å². The van der Waals surface area contributed by atoms with Gasteiger partial charge in [0.05, 0.1) is 0 Å². The van der Waals surface area contributed by atoms with Crippen LogP contribution in [0.15, 0.2) is 21.5 Å². The molecule has 2 rings (SSSR count). The van der Waals surface area contributed by atoms with Gasteiger partial charge in [0.25, 0.3) is 0 Å². The number of rotatable bonds is 4. The van der Waals surface area contributed by atoms with Gasteiger partial charge in [-0.3, -0.25) is 0 Å². The van der Waals surface area contributed by atoms with Gasteiger partial charge >= 0.3 is 0 Å². The van der Waals surface area contributed by atoms with E-state index in [1.165, 1.54) is 0 Å². The van der Waals surface area contributed by atoms with Gasteiger partial charge in [0.15, 0.2) is 0 Å². The zero-order valence-electron chi connectivity index (χ0n) is 10.7. The number of nitrogens with one attached hydrogen (secondary N) is 1. The molecule has 1 saturated carbocycles. The van der Waals surface area contributed by atoms with Crippen molar-refractivity contribution in [2.45, 2.75) is 35.4 Å². The fourth-order valence-corrected chi connectivity index (χ4v) is 5.57. The molecule has 0 amide bonds. The van der Waals surface area contributed by atoms with E-state index in [4.69, 9.17) is 0 Å². The van der Waals surface area contributed by atoms with Crippen LogP contribution in [-0.2, 0) is 10.0 Å². The Morgan fingerprint density at radius 1 is 1.35 bits per heavy atom. The molecule has 0 bridgehead atoms. The molecule has 1 N–H and O–H groups in total. The van der Waals surface area contributed by atoms with Crippen molar-refractivity contribution in [2.75, 3.05) is 6.26 Å². The quantitative estimate of drug-likeness (QED) is 0.864. The first-order valence-corrected chi connectivity index (χ1v) is 9.59. The fraction of sp³-hybridized carbons (Fsp3) is 0.500. The van der Waals surface area contributed by atoms with E-state index in [2.05, 4.69) is 20.7 Å². The van der Waals surface area contributed by atoms with Gasteiger partial charge in [-0.25, -0.2) is 21.9 Å². The van der Waals surface area contributed by atoms with Gasteiger partial charge in [-0.15, -0.1) is 0 Å². The Bertz CT molecular complexity index is 586. The Morgan fingerprint density at radius 3 is 2.60 bits per heavy atom. The summed E-state index contributed by atoms with van der Waals surface area (Å²) in [5.41, 5.74) is 0. The molecule has 3 nitrogen and oxygen atoms in total. The van der Waals surface area contributed by atoms with Crippen molar-refractivity contribution >= 4 is 37.7 Å². The van der Waals surface area contributed by atoms with Crippen molar-refractivity contribution in [1.82, 2.24) is 4.72 Å². The second-order valence-corrected chi connectivity index (χ2v) is 8.33. The topological polar surface area (TPSA) is 46.2 Å². The monoisotopic (exact) mass is 385 g/mol. The first-order valence-electron chi connectivity index (χ1n) is 6.03. The SMILES string of the molecule is CSC1CCC(NS(=O)(=O)c2c(F)cc(F)cc2Br)C1. The zero-order chi connectivity index (χ0) is 14.9. The van der Waals surface area contributed by atoms with E-state index in [1.54, 1.807) is 11.8 Å². The van der Waals surface area contributed by atoms with E-state index in [0.29, 0.717) is 11.3 Å². The zero-order valence-corrected chi connectivity index (χ0v) is 13.9. The highest BCUT2D eigenvalue weighted by molar-refractivity contribution is 9.10. The largest absolute Gasteiger partial charge is 0.244 e. The van der Waals surface area contributed by atoms with E-state index < -0.39 is 26.6 Å². The third-order valence-electron chi connectivity index (χ3n) is 3.27. The maximum absolute atomic E-state index is 13.7. The molecule has 0 spiro atoms. The molecule has 1 aromatic rings. The Hall–Kier alpha value is -0.180. The molecule has 0 saturated heterocycles. The summed E-state index contributed by atoms with van der Waals surface area (Å²) in [6.45, 7) is 0. The summed E-state index contributed by atoms with van der Waals surface area (Å²) in [6, 6.07) is 1.31. The molecule has 20 heavy (non-hydrogen) atoms. The minimum Gasteiger partial charge on any atom is -0.208 e. The van der Waals surface area contributed by atoms with Gasteiger partial charge in [-0.05, 0) is 47.5 Å². The first kappa shape index (κ1) is 16.2. The van der Waals surface area contributed by atoms with Crippen LogP contribution in [0.2, 0.25) is 0 Å². The van der Waals surface area contributed by atoms with E-state index in [-0.39, 0.29) is 10.5 Å². The summed E-state index contributed by atoms with van der Waals surface area (Å²) < 4.78 is 53.6. The lowest BCUT2D eigenvalue weighted by molar-refractivity contribution is 0.528. The number of thioether (sulfide) groups is 1. The van der Waals surface area contributed by atoms with Crippen molar-refractivity contribution in [3.63, 3.8) is 0 Å². The highest BCUT2D eigenvalue weighted by Gasteiger charge is 2.31. The average molecular weight is 386 g/mol. The molecular weight excluding hydrogens is 372 g/mol. The molecule has 0 aliphatic heterocycles. The molecule has 0 heterocycles. The van der Waals surface area contributed by atoms with Gasteiger partial charge in [0, 0.05) is 21.8 Å². The first-order chi connectivity index (χ1) is 9.33.